The molecule has 2 rings (SSSR count). The maximum Gasteiger partial charge on any atom is 0.365 e. The van der Waals surface area contributed by atoms with Gasteiger partial charge in [-0.2, -0.15) is 5.26 Å². The number of nitrogens with zero attached hydrogens (tertiary/aromatic N) is 3. The topological polar surface area (TPSA) is 55.7 Å². The second-order valence-corrected chi connectivity index (χ2v) is 3.28. The third-order valence-electron chi connectivity index (χ3n) is 2.32. The van der Waals surface area contributed by atoms with Crippen LogP contribution in [0.15, 0.2) is 18.2 Å². The van der Waals surface area contributed by atoms with Gasteiger partial charge in [0.2, 0.25) is 0 Å². The average Bonchev–Trinajstić information content (AvgIpc) is 2.39. The summed E-state index contributed by atoms with van der Waals surface area (Å²) in [6.07, 6.45) is 0. The Labute approximate surface area is 81.2 Å². The van der Waals surface area contributed by atoms with Gasteiger partial charge in [0.05, 0.1) is 7.05 Å². The molecule has 1 aromatic heterocycles. The molecule has 0 aliphatic heterocycles. The first-order valence-corrected chi connectivity index (χ1v) is 4.24. The highest BCUT2D eigenvalue weighted by Crippen LogP contribution is 2.13. The number of fused-ring (bicyclic) bond motifs is 1. The number of rotatable bonds is 0. The van der Waals surface area contributed by atoms with Gasteiger partial charge in [-0.1, -0.05) is 6.07 Å². The molecule has 0 aliphatic rings. The summed E-state index contributed by atoms with van der Waals surface area (Å²) in [6, 6.07) is 7.43. The number of benzene rings is 1. The minimum Gasteiger partial charge on any atom is -0.710 e. The molecule has 0 radical (unpaired) electrons. The summed E-state index contributed by atoms with van der Waals surface area (Å²) in [6.45, 7) is 1.92. The summed E-state index contributed by atoms with van der Waals surface area (Å²) in [4.78, 5) is 0. The van der Waals surface area contributed by atoms with E-state index >= 15 is 0 Å². The van der Waals surface area contributed by atoms with Crippen molar-refractivity contribution in [2.24, 2.45) is 7.05 Å². The first-order chi connectivity index (χ1) is 6.65. The Hall–Kier alpha value is -2.02. The molecule has 0 saturated carbocycles. The molecule has 4 heteroatoms. The Balaban J connectivity index is 2.96. The molecule has 4 nitrogen and oxygen atoms in total. The van der Waals surface area contributed by atoms with Crippen molar-refractivity contribution >= 4 is 11.0 Å². The fourth-order valence-electron chi connectivity index (χ4n) is 1.56. The Morgan fingerprint density at radius 3 is 2.86 bits per heavy atom. The average molecular weight is 187 g/mol. The van der Waals surface area contributed by atoms with E-state index in [1.165, 1.54) is 0 Å². The summed E-state index contributed by atoms with van der Waals surface area (Å²) >= 11 is 0. The quantitative estimate of drug-likeness (QED) is 0.456. The van der Waals surface area contributed by atoms with Gasteiger partial charge < -0.3 is 5.21 Å². The van der Waals surface area contributed by atoms with Crippen LogP contribution in [0.3, 0.4) is 0 Å². The fraction of sp³-hybridized carbons (Fsp3) is 0.200. The highest BCUT2D eigenvalue weighted by atomic mass is 16.5. The third-order valence-corrected chi connectivity index (χ3v) is 2.32. The van der Waals surface area contributed by atoms with Crippen molar-refractivity contribution in [3.05, 3.63) is 34.8 Å². The summed E-state index contributed by atoms with van der Waals surface area (Å²) in [5, 5.41) is 20.4. The van der Waals surface area contributed by atoms with Crippen molar-refractivity contribution in [1.29, 1.82) is 5.26 Å². The van der Waals surface area contributed by atoms with Crippen LogP contribution < -0.4 is 4.73 Å². The molecule has 14 heavy (non-hydrogen) atoms. The van der Waals surface area contributed by atoms with Crippen LogP contribution in [0.4, 0.5) is 0 Å². The van der Waals surface area contributed by atoms with E-state index in [0.717, 1.165) is 11.1 Å². The van der Waals surface area contributed by atoms with Gasteiger partial charge in [0.15, 0.2) is 17.1 Å². The van der Waals surface area contributed by atoms with Gasteiger partial charge in [-0.25, -0.2) is 9.30 Å². The molecule has 0 spiro atoms. The van der Waals surface area contributed by atoms with Crippen molar-refractivity contribution in [2.45, 2.75) is 6.92 Å². The molecule has 0 saturated heterocycles. The fourth-order valence-corrected chi connectivity index (χ4v) is 1.56. The van der Waals surface area contributed by atoms with E-state index in [1.54, 1.807) is 17.7 Å². The SMILES string of the molecule is Cc1ccc2c(c1)[n+]([O-])c(C#N)n2C. The molecule has 0 N–H and O–H groups in total. The standard InChI is InChI=1S/C10H9N3O/c1-7-3-4-8-9(5-7)13(14)10(6-11)12(8)2/h3-5H,1-2H3. The molecule has 70 valence electrons. The summed E-state index contributed by atoms with van der Waals surface area (Å²) in [7, 11) is 1.71. The van der Waals surface area contributed by atoms with Crippen LogP contribution in [-0.2, 0) is 7.05 Å². The molecular formula is C10H9N3O. The molecule has 0 unspecified atom stereocenters. The van der Waals surface area contributed by atoms with Crippen molar-refractivity contribution in [1.82, 2.24) is 4.57 Å². The number of hydrogen-bond donors (Lipinski definition) is 0. The lowest BCUT2D eigenvalue weighted by Crippen LogP contribution is -2.29. The van der Waals surface area contributed by atoms with E-state index in [4.69, 9.17) is 5.26 Å². The van der Waals surface area contributed by atoms with Crippen molar-refractivity contribution in [3.63, 3.8) is 0 Å². The summed E-state index contributed by atoms with van der Waals surface area (Å²) in [5.41, 5.74) is 2.34. The van der Waals surface area contributed by atoms with Gasteiger partial charge in [-0.05, 0) is 24.6 Å². The minimum atomic E-state index is 0.116. The molecule has 1 heterocycles. The second kappa shape index (κ2) is 2.74. The van der Waals surface area contributed by atoms with Crippen LogP contribution in [0.1, 0.15) is 11.4 Å². The largest absolute Gasteiger partial charge is 0.710 e. The zero-order valence-electron chi connectivity index (χ0n) is 7.98. The number of imidazole rings is 1. The molecule has 2 aromatic rings. The molecule has 0 aliphatic carbocycles. The molecule has 0 amide bonds. The third kappa shape index (κ3) is 0.958. The minimum absolute atomic E-state index is 0.116. The van der Waals surface area contributed by atoms with Crippen LogP contribution in [0.2, 0.25) is 0 Å². The Morgan fingerprint density at radius 1 is 1.50 bits per heavy atom. The predicted octanol–water partition coefficient (Wildman–Crippen LogP) is 0.992. The lowest BCUT2D eigenvalue weighted by atomic mass is 10.2. The normalized spacial score (nSPS) is 10.4. The second-order valence-electron chi connectivity index (χ2n) is 3.28. The number of aryl methyl sites for hydroxylation is 2. The maximum absolute atomic E-state index is 11.6. The molecule has 0 atom stereocenters. The summed E-state index contributed by atoms with van der Waals surface area (Å²) in [5.74, 6) is 0.116. The van der Waals surface area contributed by atoms with E-state index in [0.29, 0.717) is 10.2 Å². The van der Waals surface area contributed by atoms with Gasteiger partial charge in [-0.15, -0.1) is 0 Å². The lowest BCUT2D eigenvalue weighted by molar-refractivity contribution is -0.581. The number of hydrogen-bond acceptors (Lipinski definition) is 2. The zero-order chi connectivity index (χ0) is 10.3. The van der Waals surface area contributed by atoms with E-state index in [-0.39, 0.29) is 5.82 Å². The maximum atomic E-state index is 11.6. The van der Waals surface area contributed by atoms with Crippen molar-refractivity contribution in [2.75, 3.05) is 0 Å². The van der Waals surface area contributed by atoms with Crippen LogP contribution in [-0.4, -0.2) is 4.57 Å². The highest BCUT2D eigenvalue weighted by molar-refractivity contribution is 5.73. The Bertz CT molecular complexity index is 548. The van der Waals surface area contributed by atoms with Crippen LogP contribution in [0.25, 0.3) is 11.0 Å². The van der Waals surface area contributed by atoms with Crippen LogP contribution in [0.5, 0.6) is 0 Å². The van der Waals surface area contributed by atoms with Crippen LogP contribution >= 0.6 is 0 Å². The molecule has 0 bridgehead atoms. The van der Waals surface area contributed by atoms with E-state index in [1.807, 2.05) is 25.1 Å². The Kier molecular flexibility index (Phi) is 1.68. The molecule has 0 fully saturated rings. The van der Waals surface area contributed by atoms with Gasteiger partial charge >= 0.3 is 5.82 Å². The Morgan fingerprint density at radius 2 is 2.21 bits per heavy atom. The molecule has 1 aromatic carbocycles. The van der Waals surface area contributed by atoms with Gasteiger partial charge in [0.25, 0.3) is 0 Å². The lowest BCUT2D eigenvalue weighted by Gasteiger charge is -1.97. The van der Waals surface area contributed by atoms with Gasteiger partial charge in [-0.3, -0.25) is 0 Å². The molecular weight excluding hydrogens is 178 g/mol. The van der Waals surface area contributed by atoms with Gasteiger partial charge in [0.1, 0.15) is 0 Å². The van der Waals surface area contributed by atoms with Crippen molar-refractivity contribution in [3.8, 4) is 6.07 Å². The van der Waals surface area contributed by atoms with E-state index < -0.39 is 0 Å². The van der Waals surface area contributed by atoms with Gasteiger partial charge in [0, 0.05) is 0 Å². The van der Waals surface area contributed by atoms with Crippen LogP contribution in [0, 0.1) is 23.5 Å². The predicted molar refractivity (Wildman–Crippen MR) is 51.3 cm³/mol. The van der Waals surface area contributed by atoms with E-state index in [9.17, 15) is 5.21 Å². The number of nitriles is 1. The zero-order valence-corrected chi connectivity index (χ0v) is 7.98. The number of aromatic nitrogens is 2. The summed E-state index contributed by atoms with van der Waals surface area (Å²) < 4.78 is 2.27. The first-order valence-electron chi connectivity index (χ1n) is 4.24. The monoisotopic (exact) mass is 187 g/mol. The highest BCUT2D eigenvalue weighted by Gasteiger charge is 2.17. The van der Waals surface area contributed by atoms with Crippen molar-refractivity contribution < 1.29 is 4.73 Å². The first kappa shape index (κ1) is 8.57. The smallest absolute Gasteiger partial charge is 0.365 e. The van der Waals surface area contributed by atoms with E-state index in [2.05, 4.69) is 0 Å².